The number of hydrogen-bond donors (Lipinski definition) is 1. The highest BCUT2D eigenvalue weighted by atomic mass is 16.5. The molecular weight excluding hydrogens is 344 g/mol. The van der Waals surface area contributed by atoms with Gasteiger partial charge in [-0.05, 0) is 39.0 Å². The number of nitrogens with zero attached hydrogens (tertiary/aromatic N) is 3. The Bertz CT molecular complexity index is 1010. The molecule has 7 heteroatoms. The second-order valence-electron chi connectivity index (χ2n) is 6.88. The van der Waals surface area contributed by atoms with E-state index < -0.39 is 0 Å². The Morgan fingerprint density at radius 3 is 2.74 bits per heavy atom. The minimum atomic E-state index is -0.214. The maximum Gasteiger partial charge on any atom is 0.257 e. The van der Waals surface area contributed by atoms with Crippen LogP contribution in [0.3, 0.4) is 0 Å². The number of fused-ring (bicyclic) bond motifs is 2. The molecule has 2 aromatic heterocycles. The van der Waals surface area contributed by atoms with Crippen LogP contribution in [0.2, 0.25) is 0 Å². The van der Waals surface area contributed by atoms with Crippen LogP contribution < -0.4 is 14.8 Å². The zero-order valence-corrected chi connectivity index (χ0v) is 15.7. The molecule has 1 aliphatic heterocycles. The maximum absolute atomic E-state index is 12.8. The van der Waals surface area contributed by atoms with Crippen molar-refractivity contribution in [1.82, 2.24) is 14.8 Å². The molecule has 140 valence electrons. The summed E-state index contributed by atoms with van der Waals surface area (Å²) < 4.78 is 13.2. The number of carbonyl (C=O) groups excluding carboxylic acids is 1. The van der Waals surface area contributed by atoms with E-state index in [2.05, 4.69) is 15.4 Å². The first-order chi connectivity index (χ1) is 13.0. The first-order valence-electron chi connectivity index (χ1n) is 9.09. The van der Waals surface area contributed by atoms with E-state index in [1.54, 1.807) is 12.3 Å². The van der Waals surface area contributed by atoms with Crippen LogP contribution in [0.4, 0.5) is 5.69 Å². The van der Waals surface area contributed by atoms with E-state index in [9.17, 15) is 4.79 Å². The second-order valence-corrected chi connectivity index (χ2v) is 6.88. The molecule has 0 radical (unpaired) electrons. The number of rotatable bonds is 3. The topological polar surface area (TPSA) is 78.3 Å². The van der Waals surface area contributed by atoms with Crippen molar-refractivity contribution in [3.8, 4) is 11.5 Å². The normalized spacial score (nSPS) is 13.6. The summed E-state index contributed by atoms with van der Waals surface area (Å²) in [5.74, 6) is 1.13. The summed E-state index contributed by atoms with van der Waals surface area (Å²) in [7, 11) is 0. The van der Waals surface area contributed by atoms with Gasteiger partial charge < -0.3 is 14.8 Å². The van der Waals surface area contributed by atoms with Gasteiger partial charge in [-0.3, -0.25) is 4.79 Å². The largest absolute Gasteiger partial charge is 0.490 e. The highest BCUT2D eigenvalue weighted by molar-refractivity contribution is 6.06. The molecule has 0 bridgehead atoms. The summed E-state index contributed by atoms with van der Waals surface area (Å²) in [4.78, 5) is 17.4. The second kappa shape index (κ2) is 6.90. The minimum absolute atomic E-state index is 0.205. The van der Waals surface area contributed by atoms with Crippen LogP contribution >= 0.6 is 0 Å². The number of benzene rings is 1. The van der Waals surface area contributed by atoms with Crippen LogP contribution in [0.15, 0.2) is 30.5 Å². The number of nitrogens with one attached hydrogen (secondary N) is 1. The number of anilines is 1. The molecule has 0 spiro atoms. The molecule has 3 aromatic rings. The molecule has 0 atom stereocenters. The van der Waals surface area contributed by atoms with Crippen LogP contribution in [-0.2, 0) is 0 Å². The molecule has 0 unspecified atom stereocenters. The third kappa shape index (κ3) is 3.32. The Morgan fingerprint density at radius 2 is 1.96 bits per heavy atom. The third-order valence-electron chi connectivity index (χ3n) is 4.50. The molecule has 1 aromatic carbocycles. The van der Waals surface area contributed by atoms with E-state index >= 15 is 0 Å². The molecule has 0 saturated carbocycles. The lowest BCUT2D eigenvalue weighted by Gasteiger charge is -2.12. The van der Waals surface area contributed by atoms with Crippen LogP contribution in [0, 0.1) is 6.92 Å². The van der Waals surface area contributed by atoms with Gasteiger partial charge in [0.25, 0.3) is 5.91 Å². The monoisotopic (exact) mass is 366 g/mol. The van der Waals surface area contributed by atoms with Gasteiger partial charge in [0, 0.05) is 29.6 Å². The smallest absolute Gasteiger partial charge is 0.257 e. The fraction of sp³-hybridized carbons (Fsp3) is 0.350. The van der Waals surface area contributed by atoms with E-state index in [1.165, 1.54) is 0 Å². The highest BCUT2D eigenvalue weighted by Gasteiger charge is 2.17. The average molecular weight is 366 g/mol. The highest BCUT2D eigenvalue weighted by Crippen LogP contribution is 2.32. The van der Waals surface area contributed by atoms with Crippen molar-refractivity contribution < 1.29 is 14.3 Å². The van der Waals surface area contributed by atoms with E-state index in [1.807, 2.05) is 43.7 Å². The number of aromatic nitrogens is 3. The summed E-state index contributed by atoms with van der Waals surface area (Å²) >= 11 is 0. The lowest BCUT2D eigenvalue weighted by atomic mass is 10.1. The Kier molecular flexibility index (Phi) is 4.43. The van der Waals surface area contributed by atoms with Crippen LogP contribution in [0.25, 0.3) is 11.0 Å². The summed E-state index contributed by atoms with van der Waals surface area (Å²) in [5.41, 5.74) is 2.63. The van der Waals surface area contributed by atoms with Gasteiger partial charge in [-0.25, -0.2) is 9.67 Å². The Balaban J connectivity index is 1.61. The van der Waals surface area contributed by atoms with Crippen LogP contribution in [0.5, 0.6) is 11.5 Å². The molecule has 27 heavy (non-hydrogen) atoms. The molecule has 1 N–H and O–H groups in total. The van der Waals surface area contributed by atoms with Crippen molar-refractivity contribution in [2.75, 3.05) is 18.5 Å². The summed E-state index contributed by atoms with van der Waals surface area (Å²) in [5, 5.41) is 8.14. The van der Waals surface area contributed by atoms with Crippen LogP contribution in [0.1, 0.15) is 42.4 Å². The van der Waals surface area contributed by atoms with Crippen molar-refractivity contribution in [3.63, 3.8) is 0 Å². The lowest BCUT2D eigenvalue weighted by molar-refractivity contribution is 0.102. The standard InChI is InChI=1S/C20H22N4O3/c1-12(2)24-19-14(11-21-24)9-16(13(3)22-19)20(25)23-15-5-6-17-18(10-15)27-8-4-7-26-17/h5-6,9-12H,4,7-8H2,1-3H3,(H,23,25). The SMILES string of the molecule is Cc1nc2c(cnn2C(C)C)cc1C(=O)Nc1ccc2c(c1)OCCCO2. The number of pyridine rings is 1. The van der Waals surface area contributed by atoms with Crippen molar-refractivity contribution in [1.29, 1.82) is 0 Å². The molecule has 4 rings (SSSR count). The van der Waals surface area contributed by atoms with E-state index in [0.29, 0.717) is 41.7 Å². The van der Waals surface area contributed by atoms with E-state index in [-0.39, 0.29) is 11.9 Å². The summed E-state index contributed by atoms with van der Waals surface area (Å²) in [6.45, 7) is 7.17. The van der Waals surface area contributed by atoms with Gasteiger partial charge in [-0.15, -0.1) is 0 Å². The van der Waals surface area contributed by atoms with Crippen LogP contribution in [-0.4, -0.2) is 33.9 Å². The molecule has 0 saturated heterocycles. The van der Waals surface area contributed by atoms with Gasteiger partial charge in [-0.2, -0.15) is 5.10 Å². The Morgan fingerprint density at radius 1 is 1.19 bits per heavy atom. The van der Waals surface area contributed by atoms with Gasteiger partial charge in [0.1, 0.15) is 0 Å². The fourth-order valence-corrected chi connectivity index (χ4v) is 3.11. The summed E-state index contributed by atoms with van der Waals surface area (Å²) in [6, 6.07) is 7.45. The zero-order chi connectivity index (χ0) is 19.0. The number of hydrogen-bond acceptors (Lipinski definition) is 5. The van der Waals surface area contributed by atoms with Crippen molar-refractivity contribution in [2.24, 2.45) is 0 Å². The Labute approximate surface area is 157 Å². The van der Waals surface area contributed by atoms with Crippen molar-refractivity contribution >= 4 is 22.6 Å². The van der Waals surface area contributed by atoms with Gasteiger partial charge in [0.15, 0.2) is 17.1 Å². The number of carbonyl (C=O) groups is 1. The quantitative estimate of drug-likeness (QED) is 0.764. The first-order valence-corrected chi connectivity index (χ1v) is 9.09. The molecule has 3 heterocycles. The van der Waals surface area contributed by atoms with E-state index in [0.717, 1.165) is 17.5 Å². The maximum atomic E-state index is 12.8. The average Bonchev–Trinajstić information content (AvgIpc) is 2.90. The van der Waals surface area contributed by atoms with Gasteiger partial charge >= 0.3 is 0 Å². The predicted octanol–water partition coefficient (Wildman–Crippen LogP) is 3.73. The van der Waals surface area contributed by atoms with Gasteiger partial charge in [-0.1, -0.05) is 0 Å². The fourth-order valence-electron chi connectivity index (χ4n) is 3.11. The lowest BCUT2D eigenvalue weighted by Crippen LogP contribution is -2.14. The zero-order valence-electron chi connectivity index (χ0n) is 15.7. The minimum Gasteiger partial charge on any atom is -0.490 e. The Hall–Kier alpha value is -3.09. The van der Waals surface area contributed by atoms with Crippen molar-refractivity contribution in [2.45, 2.75) is 33.2 Å². The first kappa shape index (κ1) is 17.3. The number of aryl methyl sites for hydroxylation is 1. The molecule has 0 aliphatic carbocycles. The molecular formula is C20H22N4O3. The molecule has 0 fully saturated rings. The predicted molar refractivity (Wildman–Crippen MR) is 103 cm³/mol. The number of ether oxygens (including phenoxy) is 2. The van der Waals surface area contributed by atoms with Gasteiger partial charge in [0.05, 0.1) is 30.7 Å². The molecule has 1 amide bonds. The third-order valence-corrected chi connectivity index (χ3v) is 4.50. The van der Waals surface area contributed by atoms with Gasteiger partial charge in [0.2, 0.25) is 0 Å². The molecule has 1 aliphatic rings. The number of amides is 1. The van der Waals surface area contributed by atoms with Crippen molar-refractivity contribution in [3.05, 3.63) is 41.7 Å². The van der Waals surface area contributed by atoms with E-state index in [4.69, 9.17) is 9.47 Å². The molecule has 7 nitrogen and oxygen atoms in total. The summed E-state index contributed by atoms with van der Waals surface area (Å²) in [6.07, 6.45) is 2.58.